The van der Waals surface area contributed by atoms with Crippen LogP contribution in [-0.2, 0) is 0 Å². The van der Waals surface area contributed by atoms with Crippen molar-refractivity contribution in [2.45, 2.75) is 25.1 Å². The first kappa shape index (κ1) is 16.8. The average molecular weight is 315 g/mol. The number of rotatable bonds is 7. The molecule has 0 spiro atoms. The maximum absolute atomic E-state index is 5.23. The molecule has 22 heavy (non-hydrogen) atoms. The number of hydrogen-bond donors (Lipinski definition) is 1. The van der Waals surface area contributed by atoms with Crippen molar-refractivity contribution in [3.05, 3.63) is 60.2 Å². The first-order valence-corrected chi connectivity index (χ1v) is 8.92. The zero-order valence-corrected chi connectivity index (χ0v) is 14.6. The van der Waals surface area contributed by atoms with E-state index in [0.717, 1.165) is 11.4 Å². The minimum Gasteiger partial charge on any atom is -0.497 e. The summed E-state index contributed by atoms with van der Waals surface area (Å²) in [5, 5.41) is 4.21. The van der Waals surface area contributed by atoms with Gasteiger partial charge in [0.05, 0.1) is 13.2 Å². The van der Waals surface area contributed by atoms with Crippen molar-refractivity contribution in [2.24, 2.45) is 5.92 Å². The van der Waals surface area contributed by atoms with E-state index >= 15 is 0 Å². The highest BCUT2D eigenvalue weighted by atomic mass is 32.2. The lowest BCUT2D eigenvalue weighted by Crippen LogP contribution is -2.27. The highest BCUT2D eigenvalue weighted by Crippen LogP contribution is 2.34. The second-order valence-electron chi connectivity index (χ2n) is 5.71. The molecule has 3 heteroatoms. The van der Waals surface area contributed by atoms with Gasteiger partial charge in [0, 0.05) is 10.9 Å². The van der Waals surface area contributed by atoms with Crippen molar-refractivity contribution in [1.82, 2.24) is 0 Å². The fourth-order valence-corrected chi connectivity index (χ4v) is 3.72. The van der Waals surface area contributed by atoms with Gasteiger partial charge in [0.2, 0.25) is 0 Å². The first-order valence-electron chi connectivity index (χ1n) is 7.64. The Hall–Kier alpha value is -1.61. The molecular formula is C19H25NOS. The van der Waals surface area contributed by atoms with Crippen LogP contribution < -0.4 is 10.1 Å². The fourth-order valence-electron chi connectivity index (χ4n) is 2.68. The molecule has 2 nitrogen and oxygen atoms in total. The van der Waals surface area contributed by atoms with Crippen molar-refractivity contribution in [3.63, 3.8) is 0 Å². The number of ether oxygens (including phenoxy) is 1. The van der Waals surface area contributed by atoms with Crippen molar-refractivity contribution in [2.75, 3.05) is 18.7 Å². The topological polar surface area (TPSA) is 21.3 Å². The molecule has 0 bridgehead atoms. The van der Waals surface area contributed by atoms with Gasteiger partial charge in [-0.2, -0.15) is 11.8 Å². The monoisotopic (exact) mass is 315 g/mol. The molecule has 1 N–H and O–H groups in total. The zero-order chi connectivity index (χ0) is 15.9. The van der Waals surface area contributed by atoms with Crippen LogP contribution in [0, 0.1) is 5.92 Å². The summed E-state index contributed by atoms with van der Waals surface area (Å²) in [5.41, 5.74) is 2.45. The summed E-state index contributed by atoms with van der Waals surface area (Å²) in [4.78, 5) is 0. The van der Waals surface area contributed by atoms with Crippen LogP contribution in [0.1, 0.15) is 25.5 Å². The molecule has 0 amide bonds. The molecule has 2 rings (SSSR count). The Balaban J connectivity index is 2.27. The molecular weight excluding hydrogens is 290 g/mol. The van der Waals surface area contributed by atoms with Crippen LogP contribution in [0.3, 0.4) is 0 Å². The summed E-state index contributed by atoms with van der Waals surface area (Å²) in [5.74, 6) is 1.47. The van der Waals surface area contributed by atoms with Gasteiger partial charge in [-0.05, 0) is 42.0 Å². The highest BCUT2D eigenvalue weighted by Gasteiger charge is 2.25. The minimum atomic E-state index is 0.282. The third kappa shape index (κ3) is 4.20. The maximum Gasteiger partial charge on any atom is 0.119 e. The van der Waals surface area contributed by atoms with E-state index in [9.17, 15) is 0 Å². The molecule has 2 atom stereocenters. The summed E-state index contributed by atoms with van der Waals surface area (Å²) in [7, 11) is 1.69. The molecule has 0 fully saturated rings. The van der Waals surface area contributed by atoms with Gasteiger partial charge in [-0.25, -0.2) is 0 Å². The number of methoxy groups -OCH3 is 1. The van der Waals surface area contributed by atoms with E-state index in [1.54, 1.807) is 7.11 Å². The molecule has 2 aromatic carbocycles. The molecule has 0 aliphatic carbocycles. The molecule has 2 aromatic rings. The predicted molar refractivity (Wildman–Crippen MR) is 97.9 cm³/mol. The van der Waals surface area contributed by atoms with Gasteiger partial charge < -0.3 is 10.1 Å². The van der Waals surface area contributed by atoms with Gasteiger partial charge in [-0.1, -0.05) is 44.2 Å². The molecule has 0 heterocycles. The second kappa shape index (κ2) is 8.14. The standard InChI is InChI=1S/C19H25NOS/c1-14(2)19(22-4)18(15-8-6-5-7-9-15)20-16-10-12-17(21-3)13-11-16/h5-14,18-20H,1-4H3. The van der Waals surface area contributed by atoms with Crippen molar-refractivity contribution in [1.29, 1.82) is 0 Å². The third-order valence-corrected chi connectivity index (χ3v) is 5.19. The minimum absolute atomic E-state index is 0.282. The molecule has 0 aromatic heterocycles. The quantitative estimate of drug-likeness (QED) is 0.755. The first-order chi connectivity index (χ1) is 10.7. The Morgan fingerprint density at radius 3 is 2.09 bits per heavy atom. The van der Waals surface area contributed by atoms with Crippen LogP contribution in [0.2, 0.25) is 0 Å². The number of hydrogen-bond acceptors (Lipinski definition) is 3. The molecule has 118 valence electrons. The molecule has 0 aliphatic heterocycles. The van der Waals surface area contributed by atoms with Crippen molar-refractivity contribution < 1.29 is 4.74 Å². The van der Waals surface area contributed by atoms with E-state index in [1.165, 1.54) is 5.56 Å². The van der Waals surface area contributed by atoms with Crippen LogP contribution in [0.5, 0.6) is 5.75 Å². The van der Waals surface area contributed by atoms with E-state index < -0.39 is 0 Å². The third-order valence-electron chi connectivity index (χ3n) is 3.83. The smallest absolute Gasteiger partial charge is 0.119 e. The Morgan fingerprint density at radius 2 is 1.59 bits per heavy atom. The van der Waals surface area contributed by atoms with Crippen molar-refractivity contribution in [3.8, 4) is 5.75 Å². The number of anilines is 1. The second-order valence-corrected chi connectivity index (χ2v) is 6.72. The normalized spacial score (nSPS) is 13.7. The van der Waals surface area contributed by atoms with E-state index in [0.29, 0.717) is 11.2 Å². The van der Waals surface area contributed by atoms with Crippen LogP contribution in [0.25, 0.3) is 0 Å². The number of thioether (sulfide) groups is 1. The Labute approximate surface area is 138 Å². The van der Waals surface area contributed by atoms with E-state index in [1.807, 2.05) is 23.9 Å². The van der Waals surface area contributed by atoms with Crippen LogP contribution in [0.15, 0.2) is 54.6 Å². The number of benzene rings is 2. The van der Waals surface area contributed by atoms with Gasteiger partial charge in [0.25, 0.3) is 0 Å². The van der Waals surface area contributed by atoms with Crippen LogP contribution in [0.4, 0.5) is 5.69 Å². The zero-order valence-electron chi connectivity index (χ0n) is 13.7. The maximum atomic E-state index is 5.23. The predicted octanol–water partition coefficient (Wildman–Crippen LogP) is 5.24. The fraction of sp³-hybridized carbons (Fsp3) is 0.368. The summed E-state index contributed by atoms with van der Waals surface area (Å²) >= 11 is 1.92. The number of nitrogens with one attached hydrogen (secondary N) is 1. The van der Waals surface area contributed by atoms with Crippen LogP contribution >= 0.6 is 11.8 Å². The molecule has 0 aliphatic rings. The van der Waals surface area contributed by atoms with Crippen LogP contribution in [-0.4, -0.2) is 18.6 Å². The molecule has 0 saturated heterocycles. The lowest BCUT2D eigenvalue weighted by molar-refractivity contribution is 0.415. The molecule has 0 radical (unpaired) electrons. The van der Waals surface area contributed by atoms with Gasteiger partial charge in [-0.3, -0.25) is 0 Å². The van der Waals surface area contributed by atoms with Gasteiger partial charge in [0.1, 0.15) is 5.75 Å². The molecule has 2 unspecified atom stereocenters. The highest BCUT2D eigenvalue weighted by molar-refractivity contribution is 7.99. The average Bonchev–Trinajstić information content (AvgIpc) is 2.55. The van der Waals surface area contributed by atoms with Gasteiger partial charge in [-0.15, -0.1) is 0 Å². The Kier molecular flexibility index (Phi) is 6.20. The summed E-state index contributed by atoms with van der Waals surface area (Å²) in [6, 6.07) is 19.1. The van der Waals surface area contributed by atoms with Crippen molar-refractivity contribution >= 4 is 17.4 Å². The van der Waals surface area contributed by atoms with Gasteiger partial charge >= 0.3 is 0 Å². The SMILES string of the molecule is COc1ccc(NC(c2ccccc2)C(SC)C(C)C)cc1. The summed E-state index contributed by atoms with van der Waals surface area (Å²) in [6.45, 7) is 4.57. The summed E-state index contributed by atoms with van der Waals surface area (Å²) in [6.07, 6.45) is 2.19. The lowest BCUT2D eigenvalue weighted by atomic mass is 9.96. The largest absolute Gasteiger partial charge is 0.497 e. The Morgan fingerprint density at radius 1 is 0.955 bits per heavy atom. The molecule has 0 saturated carbocycles. The van der Waals surface area contributed by atoms with E-state index in [2.05, 4.69) is 67.9 Å². The summed E-state index contributed by atoms with van der Waals surface area (Å²) < 4.78 is 5.23. The Bertz CT molecular complexity index is 553. The van der Waals surface area contributed by atoms with E-state index in [4.69, 9.17) is 4.74 Å². The van der Waals surface area contributed by atoms with Gasteiger partial charge in [0.15, 0.2) is 0 Å². The lowest BCUT2D eigenvalue weighted by Gasteiger charge is -2.31. The van der Waals surface area contributed by atoms with E-state index in [-0.39, 0.29) is 6.04 Å².